The number of anilines is 1. The molecule has 0 aliphatic carbocycles. The summed E-state index contributed by atoms with van der Waals surface area (Å²) in [6, 6.07) is 12.0. The molecule has 1 aromatic carbocycles. The van der Waals surface area contributed by atoms with Gasteiger partial charge in [0.1, 0.15) is 11.5 Å². The van der Waals surface area contributed by atoms with Gasteiger partial charge in [-0.05, 0) is 31.2 Å². The van der Waals surface area contributed by atoms with E-state index < -0.39 is 0 Å². The molecule has 1 aliphatic rings. The second-order valence-electron chi connectivity index (χ2n) is 5.28. The lowest BCUT2D eigenvalue weighted by atomic mass is 10.2. The zero-order valence-electron chi connectivity index (χ0n) is 13.0. The van der Waals surface area contributed by atoms with Crippen molar-refractivity contribution in [3.63, 3.8) is 0 Å². The van der Waals surface area contributed by atoms with Gasteiger partial charge in [-0.15, -0.1) is 0 Å². The minimum atomic E-state index is 0.826. The van der Waals surface area contributed by atoms with Crippen LogP contribution >= 0.6 is 0 Å². The lowest BCUT2D eigenvalue weighted by Gasteiger charge is -2.35. The fourth-order valence-corrected chi connectivity index (χ4v) is 2.67. The Bertz CT molecular complexity index is 629. The largest absolute Gasteiger partial charge is 0.495 e. The summed E-state index contributed by atoms with van der Waals surface area (Å²) in [4.78, 5) is 2.34. The number of hydrogen-bond acceptors (Lipinski definition) is 5. The predicted octanol–water partition coefficient (Wildman–Crippen LogP) is 2.83. The number of para-hydroxylation sites is 2. The third kappa shape index (κ3) is 3.08. The molecule has 2 heterocycles. The van der Waals surface area contributed by atoms with E-state index in [4.69, 9.17) is 9.15 Å². The molecule has 1 aromatic heterocycles. The zero-order chi connectivity index (χ0) is 15.4. The van der Waals surface area contributed by atoms with Crippen molar-refractivity contribution in [3.8, 4) is 5.75 Å². The summed E-state index contributed by atoms with van der Waals surface area (Å²) in [6.07, 6.45) is 1.67. The first-order chi connectivity index (χ1) is 10.8. The third-order valence-electron chi connectivity index (χ3n) is 3.85. The van der Waals surface area contributed by atoms with Gasteiger partial charge >= 0.3 is 0 Å². The second kappa shape index (κ2) is 6.56. The number of rotatable bonds is 4. The van der Waals surface area contributed by atoms with Crippen LogP contribution in [0, 0.1) is 0 Å². The zero-order valence-corrected chi connectivity index (χ0v) is 13.0. The number of methoxy groups -OCH3 is 1. The van der Waals surface area contributed by atoms with Crippen molar-refractivity contribution >= 4 is 11.4 Å². The van der Waals surface area contributed by atoms with E-state index in [1.807, 2.05) is 37.3 Å². The van der Waals surface area contributed by atoms with E-state index in [2.05, 4.69) is 21.1 Å². The van der Waals surface area contributed by atoms with Crippen molar-refractivity contribution in [1.82, 2.24) is 5.01 Å². The summed E-state index contributed by atoms with van der Waals surface area (Å²) >= 11 is 0. The molecule has 1 fully saturated rings. The minimum absolute atomic E-state index is 0.826. The van der Waals surface area contributed by atoms with Gasteiger partial charge in [-0.2, -0.15) is 5.10 Å². The molecule has 0 radical (unpaired) electrons. The van der Waals surface area contributed by atoms with Crippen molar-refractivity contribution in [2.45, 2.75) is 6.92 Å². The highest BCUT2D eigenvalue weighted by molar-refractivity contribution is 5.95. The summed E-state index contributed by atoms with van der Waals surface area (Å²) in [5.74, 6) is 1.75. The van der Waals surface area contributed by atoms with E-state index in [1.54, 1.807) is 13.4 Å². The molecule has 1 saturated heterocycles. The Balaban J connectivity index is 1.64. The molecule has 116 valence electrons. The van der Waals surface area contributed by atoms with E-state index >= 15 is 0 Å². The molecule has 1 aliphatic heterocycles. The first-order valence-corrected chi connectivity index (χ1v) is 7.50. The summed E-state index contributed by atoms with van der Waals surface area (Å²) < 4.78 is 10.8. The molecule has 0 N–H and O–H groups in total. The molecule has 3 rings (SSSR count). The standard InChI is InChI=1S/C17H21N3O2/c1-14(16-8-5-13-22-16)18-20-11-9-19(10-12-20)15-6-3-4-7-17(15)21-2/h3-8,13H,9-12H2,1-2H3/b18-14+. The first-order valence-electron chi connectivity index (χ1n) is 7.50. The average molecular weight is 299 g/mol. The fraction of sp³-hybridized carbons (Fsp3) is 0.353. The fourth-order valence-electron chi connectivity index (χ4n) is 2.67. The van der Waals surface area contributed by atoms with Crippen LogP contribution in [0.15, 0.2) is 52.2 Å². The van der Waals surface area contributed by atoms with Crippen molar-refractivity contribution < 1.29 is 9.15 Å². The molecule has 0 unspecified atom stereocenters. The first kappa shape index (κ1) is 14.5. The van der Waals surface area contributed by atoms with Gasteiger partial charge in [0, 0.05) is 13.1 Å². The third-order valence-corrected chi connectivity index (χ3v) is 3.85. The number of hydrazone groups is 1. The van der Waals surface area contributed by atoms with E-state index in [9.17, 15) is 0 Å². The monoisotopic (exact) mass is 299 g/mol. The summed E-state index contributed by atoms with van der Waals surface area (Å²) in [7, 11) is 1.71. The molecule has 0 amide bonds. The quantitative estimate of drug-likeness (QED) is 0.814. The number of furan rings is 1. The van der Waals surface area contributed by atoms with Crippen molar-refractivity contribution in [2.75, 3.05) is 38.2 Å². The highest BCUT2D eigenvalue weighted by Crippen LogP contribution is 2.28. The van der Waals surface area contributed by atoms with Gasteiger partial charge in [0.15, 0.2) is 0 Å². The van der Waals surface area contributed by atoms with Gasteiger partial charge in [0.05, 0.1) is 37.9 Å². The molecule has 5 nitrogen and oxygen atoms in total. The van der Waals surface area contributed by atoms with Gasteiger partial charge in [0.2, 0.25) is 0 Å². The second-order valence-corrected chi connectivity index (χ2v) is 5.28. The Morgan fingerprint density at radius 3 is 2.55 bits per heavy atom. The number of benzene rings is 1. The summed E-state index contributed by atoms with van der Waals surface area (Å²) in [5.41, 5.74) is 2.06. The average Bonchev–Trinajstić information content (AvgIpc) is 3.10. The van der Waals surface area contributed by atoms with Crippen LogP contribution < -0.4 is 9.64 Å². The van der Waals surface area contributed by atoms with Crippen LogP contribution in [-0.2, 0) is 0 Å². The normalized spacial score (nSPS) is 16.0. The predicted molar refractivity (Wildman–Crippen MR) is 87.7 cm³/mol. The molecular weight excluding hydrogens is 278 g/mol. The van der Waals surface area contributed by atoms with Crippen LogP contribution in [0.2, 0.25) is 0 Å². The maximum absolute atomic E-state index is 5.44. The topological polar surface area (TPSA) is 41.2 Å². The molecule has 0 atom stereocenters. The number of hydrogen-bond donors (Lipinski definition) is 0. The van der Waals surface area contributed by atoms with Crippen molar-refractivity contribution in [2.24, 2.45) is 5.10 Å². The van der Waals surface area contributed by atoms with Gasteiger partial charge in [-0.3, -0.25) is 5.01 Å². The van der Waals surface area contributed by atoms with Gasteiger partial charge in [-0.1, -0.05) is 12.1 Å². The van der Waals surface area contributed by atoms with Crippen LogP contribution in [0.1, 0.15) is 12.7 Å². The molecular formula is C17H21N3O2. The molecule has 2 aromatic rings. The maximum Gasteiger partial charge on any atom is 0.149 e. The lowest BCUT2D eigenvalue weighted by Crippen LogP contribution is -2.44. The van der Waals surface area contributed by atoms with E-state index in [-0.39, 0.29) is 0 Å². The molecule has 5 heteroatoms. The van der Waals surface area contributed by atoms with Crippen LogP contribution in [-0.4, -0.2) is 44.0 Å². The maximum atomic E-state index is 5.44. The molecule has 0 saturated carbocycles. The van der Waals surface area contributed by atoms with Crippen LogP contribution in [0.3, 0.4) is 0 Å². The Morgan fingerprint density at radius 1 is 1.09 bits per heavy atom. The lowest BCUT2D eigenvalue weighted by molar-refractivity contribution is 0.269. The van der Waals surface area contributed by atoms with E-state index in [1.165, 1.54) is 0 Å². The van der Waals surface area contributed by atoms with E-state index in [0.717, 1.165) is 49.1 Å². The SMILES string of the molecule is COc1ccccc1N1CCN(/N=C(\C)c2ccco2)CC1. The summed E-state index contributed by atoms with van der Waals surface area (Å²) in [6.45, 7) is 5.60. The highest BCUT2D eigenvalue weighted by Gasteiger charge is 2.18. The minimum Gasteiger partial charge on any atom is -0.495 e. The molecule has 22 heavy (non-hydrogen) atoms. The van der Waals surface area contributed by atoms with Crippen LogP contribution in [0.25, 0.3) is 0 Å². The Labute approximate surface area is 130 Å². The molecule has 0 bridgehead atoms. The smallest absolute Gasteiger partial charge is 0.149 e. The Hall–Kier alpha value is -2.43. The highest BCUT2D eigenvalue weighted by atomic mass is 16.5. The van der Waals surface area contributed by atoms with E-state index in [0.29, 0.717) is 0 Å². The van der Waals surface area contributed by atoms with Crippen LogP contribution in [0.5, 0.6) is 5.75 Å². The van der Waals surface area contributed by atoms with Crippen molar-refractivity contribution in [3.05, 3.63) is 48.4 Å². The Kier molecular flexibility index (Phi) is 4.32. The number of nitrogens with zero attached hydrogens (tertiary/aromatic N) is 3. The number of ether oxygens (including phenoxy) is 1. The Morgan fingerprint density at radius 2 is 1.86 bits per heavy atom. The van der Waals surface area contributed by atoms with Gasteiger partial charge < -0.3 is 14.1 Å². The van der Waals surface area contributed by atoms with Crippen molar-refractivity contribution in [1.29, 1.82) is 0 Å². The number of piperazine rings is 1. The summed E-state index contributed by atoms with van der Waals surface area (Å²) in [5, 5.41) is 6.75. The van der Waals surface area contributed by atoms with Gasteiger partial charge in [0.25, 0.3) is 0 Å². The van der Waals surface area contributed by atoms with Gasteiger partial charge in [-0.25, -0.2) is 0 Å². The molecule has 0 spiro atoms. The van der Waals surface area contributed by atoms with Crippen LogP contribution in [0.4, 0.5) is 5.69 Å².